The molecular formula is C15H21NO3. The average Bonchev–Trinajstić information content (AvgIpc) is 2.91. The van der Waals surface area contributed by atoms with E-state index in [1.807, 2.05) is 38.1 Å². The Balaban J connectivity index is 1.77. The summed E-state index contributed by atoms with van der Waals surface area (Å²) in [5.74, 6) is 0.647. The van der Waals surface area contributed by atoms with Crippen molar-refractivity contribution in [2.45, 2.75) is 38.8 Å². The number of ether oxygens (including phenoxy) is 2. The molecule has 0 aliphatic carbocycles. The normalized spacial score (nSPS) is 20.0. The third kappa shape index (κ3) is 3.96. The lowest BCUT2D eigenvalue weighted by atomic mass is 10.1. The van der Waals surface area contributed by atoms with E-state index in [4.69, 9.17) is 9.47 Å². The summed E-state index contributed by atoms with van der Waals surface area (Å²) >= 11 is 0. The number of carbonyl (C=O) groups is 1. The molecule has 1 heterocycles. The minimum atomic E-state index is -0.105. The van der Waals surface area contributed by atoms with Gasteiger partial charge in [-0.3, -0.25) is 4.79 Å². The van der Waals surface area contributed by atoms with E-state index in [0.717, 1.165) is 30.8 Å². The fourth-order valence-corrected chi connectivity index (χ4v) is 2.25. The van der Waals surface area contributed by atoms with E-state index in [0.29, 0.717) is 0 Å². The van der Waals surface area contributed by atoms with Gasteiger partial charge in [-0.2, -0.15) is 0 Å². The summed E-state index contributed by atoms with van der Waals surface area (Å²) in [4.78, 5) is 11.8. The number of carbonyl (C=O) groups excluding carboxylic acids is 1. The average molecular weight is 263 g/mol. The van der Waals surface area contributed by atoms with Gasteiger partial charge in [0, 0.05) is 6.61 Å². The highest BCUT2D eigenvalue weighted by atomic mass is 16.5. The molecule has 1 aliphatic heterocycles. The second kappa shape index (κ2) is 6.57. The second-order valence-corrected chi connectivity index (χ2v) is 4.96. The lowest BCUT2D eigenvalue weighted by molar-refractivity contribution is -0.124. The van der Waals surface area contributed by atoms with Crippen molar-refractivity contribution in [3.8, 4) is 5.75 Å². The quantitative estimate of drug-likeness (QED) is 0.884. The second-order valence-electron chi connectivity index (χ2n) is 4.96. The molecule has 2 rings (SSSR count). The minimum absolute atomic E-state index is 0.0375. The molecule has 0 aromatic heterocycles. The van der Waals surface area contributed by atoms with Gasteiger partial charge in [-0.1, -0.05) is 18.2 Å². The van der Waals surface area contributed by atoms with Crippen molar-refractivity contribution in [3.05, 3.63) is 29.8 Å². The molecule has 0 radical (unpaired) electrons. The van der Waals surface area contributed by atoms with E-state index in [1.54, 1.807) is 0 Å². The first-order valence-electron chi connectivity index (χ1n) is 6.76. The minimum Gasteiger partial charge on any atom is -0.484 e. The zero-order chi connectivity index (χ0) is 13.7. The number of nitrogens with one attached hydrogen (secondary N) is 1. The first-order valence-corrected chi connectivity index (χ1v) is 6.76. The number of rotatable bonds is 5. The zero-order valence-electron chi connectivity index (χ0n) is 11.5. The predicted octanol–water partition coefficient (Wildman–Crippen LogP) is 2.06. The summed E-state index contributed by atoms with van der Waals surface area (Å²) in [6, 6.07) is 7.71. The highest BCUT2D eigenvalue weighted by Gasteiger charge is 2.23. The van der Waals surface area contributed by atoms with Gasteiger partial charge in [0.15, 0.2) is 6.61 Å². The van der Waals surface area contributed by atoms with Crippen molar-refractivity contribution < 1.29 is 14.3 Å². The van der Waals surface area contributed by atoms with Gasteiger partial charge in [-0.25, -0.2) is 0 Å². The highest BCUT2D eigenvalue weighted by Crippen LogP contribution is 2.17. The maximum Gasteiger partial charge on any atom is 0.258 e. The zero-order valence-corrected chi connectivity index (χ0v) is 11.5. The van der Waals surface area contributed by atoms with Crippen molar-refractivity contribution in [3.63, 3.8) is 0 Å². The van der Waals surface area contributed by atoms with Crippen molar-refractivity contribution in [2.24, 2.45) is 0 Å². The summed E-state index contributed by atoms with van der Waals surface area (Å²) in [5.41, 5.74) is 1.03. The third-order valence-corrected chi connectivity index (χ3v) is 3.36. The van der Waals surface area contributed by atoms with E-state index in [9.17, 15) is 4.79 Å². The van der Waals surface area contributed by atoms with Crippen LogP contribution in [0.15, 0.2) is 24.3 Å². The number of benzene rings is 1. The molecule has 0 bridgehead atoms. The van der Waals surface area contributed by atoms with Crippen LogP contribution >= 0.6 is 0 Å². The smallest absolute Gasteiger partial charge is 0.258 e. The van der Waals surface area contributed by atoms with Crippen LogP contribution in [-0.2, 0) is 9.53 Å². The number of para-hydroxylation sites is 1. The Kier molecular flexibility index (Phi) is 4.80. The Morgan fingerprint density at radius 2 is 2.32 bits per heavy atom. The SMILES string of the molecule is Cc1ccccc1OCC(=O)N[C@H](C)[C@@H]1CCCO1. The van der Waals surface area contributed by atoms with Gasteiger partial charge >= 0.3 is 0 Å². The molecule has 4 heteroatoms. The van der Waals surface area contributed by atoms with Crippen molar-refractivity contribution in [1.29, 1.82) is 0 Å². The number of hydrogen-bond acceptors (Lipinski definition) is 3. The van der Waals surface area contributed by atoms with Crippen LogP contribution in [0.25, 0.3) is 0 Å². The van der Waals surface area contributed by atoms with Crippen molar-refractivity contribution in [1.82, 2.24) is 5.32 Å². The van der Waals surface area contributed by atoms with Crippen LogP contribution < -0.4 is 10.1 Å². The molecule has 1 aromatic rings. The van der Waals surface area contributed by atoms with Gasteiger partial charge in [0.05, 0.1) is 12.1 Å². The van der Waals surface area contributed by atoms with Gasteiger partial charge in [0.25, 0.3) is 5.91 Å². The topological polar surface area (TPSA) is 47.6 Å². The largest absolute Gasteiger partial charge is 0.484 e. The fourth-order valence-electron chi connectivity index (χ4n) is 2.25. The molecule has 0 spiro atoms. The Labute approximate surface area is 114 Å². The van der Waals surface area contributed by atoms with Crippen LogP contribution in [-0.4, -0.2) is 31.3 Å². The Bertz CT molecular complexity index is 427. The van der Waals surface area contributed by atoms with Crippen LogP contribution in [0.1, 0.15) is 25.3 Å². The van der Waals surface area contributed by atoms with E-state index in [2.05, 4.69) is 5.32 Å². The van der Waals surface area contributed by atoms with Crippen molar-refractivity contribution >= 4 is 5.91 Å². The number of aryl methyl sites for hydroxylation is 1. The fraction of sp³-hybridized carbons (Fsp3) is 0.533. The summed E-state index contributed by atoms with van der Waals surface area (Å²) in [6.07, 6.45) is 2.23. The van der Waals surface area contributed by atoms with Gasteiger partial charge in [0.1, 0.15) is 5.75 Å². The molecule has 4 nitrogen and oxygen atoms in total. The summed E-state index contributed by atoms with van der Waals surface area (Å²) < 4.78 is 11.1. The Morgan fingerprint density at radius 1 is 1.53 bits per heavy atom. The summed E-state index contributed by atoms with van der Waals surface area (Å²) in [7, 11) is 0. The Hall–Kier alpha value is -1.55. The molecule has 2 atom stereocenters. The Morgan fingerprint density at radius 3 is 3.00 bits per heavy atom. The molecule has 1 N–H and O–H groups in total. The highest BCUT2D eigenvalue weighted by molar-refractivity contribution is 5.77. The van der Waals surface area contributed by atoms with Crippen LogP contribution in [0.4, 0.5) is 0 Å². The third-order valence-electron chi connectivity index (χ3n) is 3.36. The van der Waals surface area contributed by atoms with E-state index >= 15 is 0 Å². The summed E-state index contributed by atoms with van der Waals surface area (Å²) in [6.45, 7) is 4.77. The molecule has 104 valence electrons. The molecule has 1 aliphatic rings. The van der Waals surface area contributed by atoms with Gasteiger partial charge < -0.3 is 14.8 Å². The first kappa shape index (κ1) is 13.9. The maximum atomic E-state index is 11.8. The van der Waals surface area contributed by atoms with Gasteiger partial charge in [-0.05, 0) is 38.3 Å². The molecule has 0 unspecified atom stereocenters. The van der Waals surface area contributed by atoms with E-state index in [-0.39, 0.29) is 24.7 Å². The van der Waals surface area contributed by atoms with Crippen LogP contribution in [0.5, 0.6) is 5.75 Å². The lowest BCUT2D eigenvalue weighted by Crippen LogP contribution is -2.42. The molecular weight excluding hydrogens is 242 g/mol. The molecule has 0 saturated carbocycles. The van der Waals surface area contributed by atoms with E-state index < -0.39 is 0 Å². The maximum absolute atomic E-state index is 11.8. The molecule has 1 fully saturated rings. The molecule has 1 saturated heterocycles. The standard InChI is InChI=1S/C15H21NO3/c1-11-6-3-4-7-13(11)19-10-15(17)16-12(2)14-8-5-9-18-14/h3-4,6-7,12,14H,5,8-10H2,1-2H3,(H,16,17)/t12-,14+/m1/s1. The predicted molar refractivity (Wildman–Crippen MR) is 73.3 cm³/mol. The first-order chi connectivity index (χ1) is 9.16. The summed E-state index contributed by atoms with van der Waals surface area (Å²) in [5, 5.41) is 2.92. The molecule has 1 aromatic carbocycles. The van der Waals surface area contributed by atoms with Crippen LogP contribution in [0.3, 0.4) is 0 Å². The monoisotopic (exact) mass is 263 g/mol. The number of amides is 1. The molecule has 19 heavy (non-hydrogen) atoms. The van der Waals surface area contributed by atoms with Gasteiger partial charge in [0.2, 0.25) is 0 Å². The van der Waals surface area contributed by atoms with Crippen LogP contribution in [0.2, 0.25) is 0 Å². The van der Waals surface area contributed by atoms with E-state index in [1.165, 1.54) is 0 Å². The molecule has 1 amide bonds. The van der Waals surface area contributed by atoms with Gasteiger partial charge in [-0.15, -0.1) is 0 Å². The van der Waals surface area contributed by atoms with Crippen molar-refractivity contribution in [2.75, 3.05) is 13.2 Å². The van der Waals surface area contributed by atoms with Crippen LogP contribution in [0, 0.1) is 6.92 Å². The lowest BCUT2D eigenvalue weighted by Gasteiger charge is -2.20. The number of hydrogen-bond donors (Lipinski definition) is 1.